The van der Waals surface area contributed by atoms with Crippen LogP contribution in [0.4, 0.5) is 24.5 Å². The maximum atomic E-state index is 13.9. The molecule has 0 aromatic heterocycles. The third-order valence-corrected chi connectivity index (χ3v) is 7.17. The first-order valence-electron chi connectivity index (χ1n) is 10.5. The smallest absolute Gasteiger partial charge is 0.280 e. The standard InChI is InChI=1S/C26H21ClF3NO/c1-16-4-3-5-20(14-16)31-22-11-10-19(27)15-21(22)24(2,23(31)32)17-6-8-18(9-7-17)25(12-13-25)26(28,29)30/h3-11,14-15H,12-13H2,1-2H3. The summed E-state index contributed by atoms with van der Waals surface area (Å²) in [7, 11) is 0. The van der Waals surface area contributed by atoms with E-state index in [0.717, 1.165) is 22.5 Å². The van der Waals surface area contributed by atoms with E-state index in [1.165, 1.54) is 12.1 Å². The Morgan fingerprint density at radius 3 is 2.19 bits per heavy atom. The van der Waals surface area contributed by atoms with Gasteiger partial charge in [-0.25, -0.2) is 0 Å². The van der Waals surface area contributed by atoms with Crippen molar-refractivity contribution < 1.29 is 18.0 Å². The Balaban J connectivity index is 1.63. The number of aryl methyl sites for hydroxylation is 1. The second-order valence-corrected chi connectivity index (χ2v) is 9.36. The highest BCUT2D eigenvalue weighted by atomic mass is 35.5. The number of alkyl halides is 3. The number of hydrogen-bond acceptors (Lipinski definition) is 1. The van der Waals surface area contributed by atoms with Gasteiger partial charge in [0.1, 0.15) is 0 Å². The molecule has 1 fully saturated rings. The van der Waals surface area contributed by atoms with E-state index in [1.807, 2.05) is 44.2 Å². The molecule has 0 radical (unpaired) electrons. The molecule has 1 aliphatic heterocycles. The number of halogens is 4. The molecule has 0 N–H and O–H groups in total. The van der Waals surface area contributed by atoms with Crippen LogP contribution in [0.25, 0.3) is 0 Å². The van der Waals surface area contributed by atoms with Gasteiger partial charge in [-0.05, 0) is 79.3 Å². The number of carbonyl (C=O) groups is 1. The van der Waals surface area contributed by atoms with Crippen molar-refractivity contribution in [1.29, 1.82) is 0 Å². The third-order valence-electron chi connectivity index (χ3n) is 6.94. The molecule has 0 saturated heterocycles. The lowest BCUT2D eigenvalue weighted by molar-refractivity contribution is -0.160. The van der Waals surface area contributed by atoms with Gasteiger partial charge in [0.15, 0.2) is 0 Å². The lowest BCUT2D eigenvalue weighted by atomic mass is 9.76. The lowest BCUT2D eigenvalue weighted by Gasteiger charge is -2.26. The van der Waals surface area contributed by atoms with Gasteiger partial charge in [-0.1, -0.05) is 48.0 Å². The minimum atomic E-state index is -4.27. The highest BCUT2D eigenvalue weighted by molar-refractivity contribution is 6.31. The van der Waals surface area contributed by atoms with Gasteiger partial charge in [-0.15, -0.1) is 0 Å². The first kappa shape index (κ1) is 21.1. The van der Waals surface area contributed by atoms with Crippen molar-refractivity contribution >= 4 is 28.9 Å². The van der Waals surface area contributed by atoms with Crippen molar-refractivity contribution in [1.82, 2.24) is 0 Å². The summed E-state index contributed by atoms with van der Waals surface area (Å²) in [5.74, 6) is -0.162. The molecule has 3 aromatic carbocycles. The van der Waals surface area contributed by atoms with Crippen molar-refractivity contribution in [3.05, 3.63) is 94.0 Å². The van der Waals surface area contributed by atoms with Gasteiger partial charge in [-0.2, -0.15) is 13.2 Å². The van der Waals surface area contributed by atoms with Crippen LogP contribution in [0, 0.1) is 6.92 Å². The fourth-order valence-electron chi connectivity index (χ4n) is 4.84. The van der Waals surface area contributed by atoms with Gasteiger partial charge in [0.25, 0.3) is 0 Å². The molecule has 164 valence electrons. The molecule has 1 atom stereocenters. The van der Waals surface area contributed by atoms with Crippen LogP contribution in [0.2, 0.25) is 5.02 Å². The van der Waals surface area contributed by atoms with Gasteiger partial charge in [0.2, 0.25) is 5.91 Å². The third kappa shape index (κ3) is 2.91. The van der Waals surface area contributed by atoms with E-state index in [4.69, 9.17) is 11.6 Å². The van der Waals surface area contributed by atoms with E-state index in [2.05, 4.69) is 0 Å². The molecule has 1 unspecified atom stereocenters. The van der Waals surface area contributed by atoms with E-state index < -0.39 is 17.0 Å². The highest BCUT2D eigenvalue weighted by Crippen LogP contribution is 2.59. The molecule has 0 bridgehead atoms. The predicted octanol–water partition coefficient (Wildman–Crippen LogP) is 7.23. The van der Waals surface area contributed by atoms with Gasteiger partial charge >= 0.3 is 6.18 Å². The molecule has 3 aromatic rings. The average Bonchev–Trinajstić information content (AvgIpc) is 3.53. The van der Waals surface area contributed by atoms with Crippen LogP contribution in [0.15, 0.2) is 66.7 Å². The average molecular weight is 456 g/mol. The number of nitrogens with zero attached hydrogens (tertiary/aromatic N) is 1. The maximum absolute atomic E-state index is 13.9. The molecular formula is C26H21ClF3NO. The molecule has 6 heteroatoms. The van der Waals surface area contributed by atoms with Gasteiger partial charge in [-0.3, -0.25) is 9.69 Å². The fraction of sp³-hybridized carbons (Fsp3) is 0.269. The number of anilines is 2. The number of carbonyl (C=O) groups excluding carboxylic acids is 1. The summed E-state index contributed by atoms with van der Waals surface area (Å²) in [5.41, 5.74) is 1.30. The van der Waals surface area contributed by atoms with Crippen molar-refractivity contribution in [2.45, 2.75) is 43.7 Å². The maximum Gasteiger partial charge on any atom is 0.398 e. The van der Waals surface area contributed by atoms with E-state index in [9.17, 15) is 18.0 Å². The Hall–Kier alpha value is -2.79. The Morgan fingerprint density at radius 2 is 1.59 bits per heavy atom. The lowest BCUT2D eigenvalue weighted by Crippen LogP contribution is -2.37. The number of amides is 1. The normalized spacial score (nSPS) is 21.6. The monoisotopic (exact) mass is 455 g/mol. The summed E-state index contributed by atoms with van der Waals surface area (Å²) in [5, 5.41) is 0.500. The molecule has 1 heterocycles. The quantitative estimate of drug-likeness (QED) is 0.408. The fourth-order valence-corrected chi connectivity index (χ4v) is 5.01. The molecule has 1 saturated carbocycles. The zero-order valence-corrected chi connectivity index (χ0v) is 18.4. The topological polar surface area (TPSA) is 20.3 Å². The largest absolute Gasteiger partial charge is 0.398 e. The molecule has 1 aliphatic carbocycles. The summed E-state index contributed by atoms with van der Waals surface area (Å²) in [4.78, 5) is 15.5. The molecule has 1 amide bonds. The minimum absolute atomic E-state index is 0.103. The minimum Gasteiger partial charge on any atom is -0.280 e. The summed E-state index contributed by atoms with van der Waals surface area (Å²) in [6.07, 6.45) is -4.07. The molecule has 32 heavy (non-hydrogen) atoms. The first-order chi connectivity index (χ1) is 15.1. The zero-order chi connectivity index (χ0) is 22.9. The SMILES string of the molecule is Cc1cccc(N2C(=O)C(C)(c3ccc(C4(C(F)(F)F)CC4)cc3)c3cc(Cl)ccc32)c1. The summed E-state index contributed by atoms with van der Waals surface area (Å²) in [6, 6.07) is 19.4. The highest BCUT2D eigenvalue weighted by Gasteiger charge is 2.64. The van der Waals surface area contributed by atoms with Crippen molar-refractivity contribution in [3.8, 4) is 0 Å². The Kier molecular flexibility index (Phi) is 4.51. The van der Waals surface area contributed by atoms with Crippen LogP contribution in [0.5, 0.6) is 0 Å². The first-order valence-corrected chi connectivity index (χ1v) is 10.8. The summed E-state index contributed by atoms with van der Waals surface area (Å²) < 4.78 is 40.7. The van der Waals surface area contributed by atoms with E-state index >= 15 is 0 Å². The van der Waals surface area contributed by atoms with Crippen molar-refractivity contribution in [2.75, 3.05) is 4.90 Å². The summed E-state index contributed by atoms with van der Waals surface area (Å²) >= 11 is 6.29. The molecule has 5 rings (SSSR count). The van der Waals surface area contributed by atoms with Crippen LogP contribution < -0.4 is 4.90 Å². The second kappa shape index (κ2) is 6.85. The second-order valence-electron chi connectivity index (χ2n) is 8.92. The summed E-state index contributed by atoms with van der Waals surface area (Å²) in [6.45, 7) is 3.77. The molecule has 2 nitrogen and oxygen atoms in total. The molecule has 0 spiro atoms. The number of benzene rings is 3. The van der Waals surface area contributed by atoms with Crippen LogP contribution in [0.3, 0.4) is 0 Å². The number of hydrogen-bond donors (Lipinski definition) is 0. The molecular weight excluding hydrogens is 435 g/mol. The van der Waals surface area contributed by atoms with Crippen LogP contribution in [-0.2, 0) is 15.6 Å². The zero-order valence-electron chi connectivity index (χ0n) is 17.6. The van der Waals surface area contributed by atoms with Gasteiger partial charge in [0, 0.05) is 10.7 Å². The van der Waals surface area contributed by atoms with Gasteiger partial charge < -0.3 is 0 Å². The van der Waals surface area contributed by atoms with Crippen LogP contribution in [0.1, 0.15) is 42.0 Å². The van der Waals surface area contributed by atoms with Crippen molar-refractivity contribution in [3.63, 3.8) is 0 Å². The van der Waals surface area contributed by atoms with Crippen LogP contribution in [-0.4, -0.2) is 12.1 Å². The van der Waals surface area contributed by atoms with Crippen molar-refractivity contribution in [2.24, 2.45) is 0 Å². The van der Waals surface area contributed by atoms with E-state index in [0.29, 0.717) is 10.6 Å². The van der Waals surface area contributed by atoms with Gasteiger partial charge in [0.05, 0.1) is 16.5 Å². The number of fused-ring (bicyclic) bond motifs is 1. The number of rotatable bonds is 3. The van der Waals surface area contributed by atoms with Crippen LogP contribution >= 0.6 is 11.6 Å². The Bertz CT molecular complexity index is 1230. The van der Waals surface area contributed by atoms with E-state index in [1.54, 1.807) is 29.2 Å². The predicted molar refractivity (Wildman–Crippen MR) is 120 cm³/mol. The Morgan fingerprint density at radius 1 is 0.938 bits per heavy atom. The van der Waals surface area contributed by atoms with E-state index in [-0.39, 0.29) is 24.3 Å². The Labute approximate surface area is 189 Å². The molecule has 2 aliphatic rings.